The molecule has 0 radical (unpaired) electrons. The van der Waals surface area contributed by atoms with Crippen molar-refractivity contribution < 1.29 is 0 Å². The Morgan fingerprint density at radius 3 is 1.45 bits per heavy atom. The Kier molecular flexibility index (Phi) is 8.19. The van der Waals surface area contributed by atoms with Crippen LogP contribution in [0, 0.1) is 0 Å². The molecule has 0 spiro atoms. The predicted octanol–water partition coefficient (Wildman–Crippen LogP) is 15.6. The first kappa shape index (κ1) is 33.6. The quantitative estimate of drug-likeness (QED) is 0.158. The fraction of sp³-hybridized carbons (Fsp3) is 0. The molecular formula is C56H38N2. The van der Waals surface area contributed by atoms with Gasteiger partial charge in [-0.05, 0) is 111 Å². The molecular weight excluding hydrogens is 701 g/mol. The summed E-state index contributed by atoms with van der Waals surface area (Å²) in [6.45, 7) is 0. The number of hydrogen-bond donors (Lipinski definition) is 0. The molecule has 11 rings (SSSR count). The van der Waals surface area contributed by atoms with Crippen molar-refractivity contribution in [2.75, 3.05) is 4.90 Å². The van der Waals surface area contributed by atoms with Crippen molar-refractivity contribution in [3.8, 4) is 39.1 Å². The first-order chi connectivity index (χ1) is 28.8. The Hall–Kier alpha value is -7.68. The van der Waals surface area contributed by atoms with Gasteiger partial charge in [-0.1, -0.05) is 164 Å². The van der Waals surface area contributed by atoms with E-state index in [0.717, 1.165) is 22.7 Å². The minimum Gasteiger partial charge on any atom is -0.310 e. The third-order valence-electron chi connectivity index (χ3n) is 11.5. The highest BCUT2D eigenvalue weighted by atomic mass is 15.1. The van der Waals surface area contributed by atoms with Crippen LogP contribution < -0.4 is 4.90 Å². The Morgan fingerprint density at radius 2 is 0.793 bits per heavy atom. The summed E-state index contributed by atoms with van der Waals surface area (Å²) in [4.78, 5) is 2.39. The average molecular weight is 739 g/mol. The molecule has 0 aliphatic carbocycles. The monoisotopic (exact) mass is 738 g/mol. The van der Waals surface area contributed by atoms with E-state index in [9.17, 15) is 0 Å². The number of rotatable bonds is 7. The number of para-hydroxylation sites is 2. The first-order valence-electron chi connectivity index (χ1n) is 19.9. The highest BCUT2D eigenvalue weighted by molar-refractivity contribution is 6.22. The standard InChI is InChI=1S/C56H38N2/c1-4-16-39(17-5-1)43-36-44(40-18-6-2-7-19-40)38-45(37-43)41-28-31-47(32-29-41)57(46-21-8-3-9-22-46)53-34-35-54(50-25-13-12-24-49(50)53)58-52-27-15-14-26-51(52)56-48-23-11-10-20-42(48)30-33-55(56)58/h1-38H. The minimum absolute atomic E-state index is 1.10. The van der Waals surface area contributed by atoms with E-state index in [1.165, 1.54) is 76.7 Å². The number of fused-ring (bicyclic) bond motifs is 6. The average Bonchev–Trinajstić information content (AvgIpc) is 3.65. The molecule has 58 heavy (non-hydrogen) atoms. The lowest BCUT2D eigenvalue weighted by molar-refractivity contribution is 1.19. The van der Waals surface area contributed by atoms with Crippen LogP contribution in [-0.2, 0) is 0 Å². The van der Waals surface area contributed by atoms with Crippen molar-refractivity contribution in [1.29, 1.82) is 0 Å². The SMILES string of the molecule is c1ccc(-c2cc(-c3ccccc3)cc(-c3ccc(N(c4ccccc4)c4ccc(-n5c6ccccc6c6c7ccccc7ccc65)c5ccccc45)cc3)c2)cc1. The topological polar surface area (TPSA) is 8.17 Å². The molecule has 0 fully saturated rings. The van der Waals surface area contributed by atoms with E-state index < -0.39 is 0 Å². The second-order valence-electron chi connectivity index (χ2n) is 14.9. The summed E-state index contributed by atoms with van der Waals surface area (Å²) in [7, 11) is 0. The van der Waals surface area contributed by atoms with Gasteiger partial charge in [0.2, 0.25) is 0 Å². The molecule has 2 nitrogen and oxygen atoms in total. The maximum Gasteiger partial charge on any atom is 0.0547 e. The molecule has 1 aromatic heterocycles. The van der Waals surface area contributed by atoms with Gasteiger partial charge in [0.25, 0.3) is 0 Å². The van der Waals surface area contributed by atoms with E-state index in [2.05, 4.69) is 240 Å². The molecule has 0 bridgehead atoms. The third-order valence-corrected chi connectivity index (χ3v) is 11.5. The Morgan fingerprint density at radius 1 is 0.293 bits per heavy atom. The van der Waals surface area contributed by atoms with Crippen LogP contribution in [0.15, 0.2) is 231 Å². The molecule has 2 heteroatoms. The van der Waals surface area contributed by atoms with Gasteiger partial charge < -0.3 is 9.47 Å². The minimum atomic E-state index is 1.10. The van der Waals surface area contributed by atoms with Crippen molar-refractivity contribution in [2.45, 2.75) is 0 Å². The van der Waals surface area contributed by atoms with Crippen molar-refractivity contribution in [3.05, 3.63) is 231 Å². The normalized spacial score (nSPS) is 11.4. The number of hydrogen-bond acceptors (Lipinski definition) is 1. The second kappa shape index (κ2) is 14.1. The first-order valence-corrected chi connectivity index (χ1v) is 19.9. The van der Waals surface area contributed by atoms with Gasteiger partial charge in [-0.25, -0.2) is 0 Å². The molecule has 0 N–H and O–H groups in total. The summed E-state index contributed by atoms with van der Waals surface area (Å²) >= 11 is 0. The van der Waals surface area contributed by atoms with Crippen molar-refractivity contribution >= 4 is 60.4 Å². The lowest BCUT2D eigenvalue weighted by Crippen LogP contribution is -2.11. The molecule has 0 unspecified atom stereocenters. The molecule has 0 aliphatic heterocycles. The molecule has 0 amide bonds. The molecule has 272 valence electrons. The maximum atomic E-state index is 2.46. The zero-order chi connectivity index (χ0) is 38.4. The Bertz CT molecular complexity index is 3200. The Balaban J connectivity index is 1.06. The number of aromatic nitrogens is 1. The van der Waals surface area contributed by atoms with Crippen LogP contribution in [0.2, 0.25) is 0 Å². The molecule has 0 saturated carbocycles. The fourth-order valence-electron chi connectivity index (χ4n) is 8.85. The highest BCUT2D eigenvalue weighted by Crippen LogP contribution is 2.44. The van der Waals surface area contributed by atoms with Crippen LogP contribution >= 0.6 is 0 Å². The van der Waals surface area contributed by atoms with Crippen LogP contribution in [-0.4, -0.2) is 4.57 Å². The molecule has 0 aliphatic rings. The van der Waals surface area contributed by atoms with E-state index in [4.69, 9.17) is 0 Å². The van der Waals surface area contributed by atoms with Crippen LogP contribution in [0.1, 0.15) is 0 Å². The highest BCUT2D eigenvalue weighted by Gasteiger charge is 2.20. The predicted molar refractivity (Wildman–Crippen MR) is 247 cm³/mol. The number of benzene rings is 10. The van der Waals surface area contributed by atoms with Crippen LogP contribution in [0.3, 0.4) is 0 Å². The third kappa shape index (κ3) is 5.74. The molecule has 10 aromatic carbocycles. The fourth-order valence-corrected chi connectivity index (χ4v) is 8.85. The summed E-state index contributed by atoms with van der Waals surface area (Å²) in [6.07, 6.45) is 0. The van der Waals surface area contributed by atoms with Gasteiger partial charge in [-0.3, -0.25) is 0 Å². The van der Waals surface area contributed by atoms with Crippen molar-refractivity contribution in [2.24, 2.45) is 0 Å². The van der Waals surface area contributed by atoms with Gasteiger partial charge in [0.1, 0.15) is 0 Å². The van der Waals surface area contributed by atoms with Crippen LogP contribution in [0.25, 0.3) is 82.4 Å². The van der Waals surface area contributed by atoms with Gasteiger partial charge >= 0.3 is 0 Å². The lowest BCUT2D eigenvalue weighted by Gasteiger charge is -2.28. The van der Waals surface area contributed by atoms with Crippen molar-refractivity contribution in [1.82, 2.24) is 4.57 Å². The smallest absolute Gasteiger partial charge is 0.0547 e. The zero-order valence-electron chi connectivity index (χ0n) is 31.8. The van der Waals surface area contributed by atoms with E-state index in [1.54, 1.807) is 0 Å². The summed E-state index contributed by atoms with van der Waals surface area (Å²) in [6, 6.07) is 83.6. The lowest BCUT2D eigenvalue weighted by atomic mass is 9.93. The molecule has 0 saturated heterocycles. The van der Waals surface area contributed by atoms with Gasteiger partial charge in [0.05, 0.1) is 22.4 Å². The van der Waals surface area contributed by atoms with Crippen LogP contribution in [0.4, 0.5) is 17.1 Å². The van der Waals surface area contributed by atoms with Gasteiger partial charge in [0.15, 0.2) is 0 Å². The largest absolute Gasteiger partial charge is 0.310 e. The number of nitrogens with zero attached hydrogens (tertiary/aromatic N) is 2. The van der Waals surface area contributed by atoms with E-state index in [0.29, 0.717) is 0 Å². The van der Waals surface area contributed by atoms with Gasteiger partial charge in [-0.2, -0.15) is 0 Å². The number of anilines is 3. The Labute approximate surface area is 338 Å². The van der Waals surface area contributed by atoms with E-state index in [1.807, 2.05) is 0 Å². The van der Waals surface area contributed by atoms with Gasteiger partial charge in [0, 0.05) is 32.9 Å². The molecule has 11 aromatic rings. The summed E-state index contributed by atoms with van der Waals surface area (Å²) in [5.41, 5.74) is 14.1. The van der Waals surface area contributed by atoms with Crippen molar-refractivity contribution in [3.63, 3.8) is 0 Å². The molecule has 0 atom stereocenters. The van der Waals surface area contributed by atoms with Gasteiger partial charge in [-0.15, -0.1) is 0 Å². The van der Waals surface area contributed by atoms with Crippen LogP contribution in [0.5, 0.6) is 0 Å². The summed E-state index contributed by atoms with van der Waals surface area (Å²) < 4.78 is 2.46. The summed E-state index contributed by atoms with van der Waals surface area (Å²) in [5.74, 6) is 0. The maximum absolute atomic E-state index is 2.46. The van der Waals surface area contributed by atoms with E-state index >= 15 is 0 Å². The van der Waals surface area contributed by atoms with E-state index in [-0.39, 0.29) is 0 Å². The molecule has 1 heterocycles. The summed E-state index contributed by atoms with van der Waals surface area (Å²) in [5, 5.41) is 7.46. The zero-order valence-corrected chi connectivity index (χ0v) is 31.8. The second-order valence-corrected chi connectivity index (χ2v) is 14.9.